The quantitative estimate of drug-likeness (QED) is 0.664. The molecule has 0 bridgehead atoms. The Morgan fingerprint density at radius 3 is 2.57 bits per heavy atom. The standard InChI is InChI=1S/C21H21N3O6/c1-13(21(28)23-15-8-6-14(7-9-15)20(22)27)30-19(26)10-11-24-16-4-2-3-5-17(16)29-12-18(24)25/h2-9,13H,10-12H2,1H3,(H2,22,27)(H,23,28). The van der Waals surface area contributed by atoms with E-state index in [1.165, 1.54) is 36.1 Å². The van der Waals surface area contributed by atoms with E-state index in [0.29, 0.717) is 22.7 Å². The van der Waals surface area contributed by atoms with Crippen LogP contribution in [-0.4, -0.2) is 42.9 Å². The third-order valence-electron chi connectivity index (χ3n) is 4.46. The van der Waals surface area contributed by atoms with Crippen molar-refractivity contribution in [2.75, 3.05) is 23.4 Å². The molecule has 30 heavy (non-hydrogen) atoms. The lowest BCUT2D eigenvalue weighted by molar-refractivity contribution is -0.153. The maximum atomic E-state index is 12.2. The molecule has 2 aromatic rings. The Kier molecular flexibility index (Phi) is 6.31. The van der Waals surface area contributed by atoms with Gasteiger partial charge in [-0.3, -0.25) is 19.2 Å². The molecule has 156 valence electrons. The second-order valence-corrected chi connectivity index (χ2v) is 6.61. The van der Waals surface area contributed by atoms with Crippen LogP contribution in [0.4, 0.5) is 11.4 Å². The fourth-order valence-electron chi connectivity index (χ4n) is 2.87. The van der Waals surface area contributed by atoms with Crippen molar-refractivity contribution >= 4 is 35.1 Å². The number of primary amides is 1. The van der Waals surface area contributed by atoms with Crippen LogP contribution in [-0.2, 0) is 19.1 Å². The van der Waals surface area contributed by atoms with Gasteiger partial charge in [-0.2, -0.15) is 0 Å². The molecular formula is C21H21N3O6. The highest BCUT2D eigenvalue weighted by molar-refractivity contribution is 5.99. The molecule has 0 aromatic heterocycles. The highest BCUT2D eigenvalue weighted by Crippen LogP contribution is 2.31. The third-order valence-corrected chi connectivity index (χ3v) is 4.46. The fraction of sp³-hybridized carbons (Fsp3) is 0.238. The molecule has 0 spiro atoms. The molecule has 0 saturated heterocycles. The van der Waals surface area contributed by atoms with Crippen molar-refractivity contribution in [3.8, 4) is 5.75 Å². The average molecular weight is 411 g/mol. The molecule has 1 heterocycles. The van der Waals surface area contributed by atoms with E-state index in [4.69, 9.17) is 15.2 Å². The average Bonchev–Trinajstić information content (AvgIpc) is 2.73. The number of nitrogens with two attached hydrogens (primary N) is 1. The number of ether oxygens (including phenoxy) is 2. The lowest BCUT2D eigenvalue weighted by atomic mass is 10.2. The van der Waals surface area contributed by atoms with Crippen LogP contribution >= 0.6 is 0 Å². The van der Waals surface area contributed by atoms with E-state index in [0.717, 1.165) is 0 Å². The highest BCUT2D eigenvalue weighted by atomic mass is 16.5. The summed E-state index contributed by atoms with van der Waals surface area (Å²) in [5, 5.41) is 2.59. The number of amides is 3. The van der Waals surface area contributed by atoms with Crippen LogP contribution in [0.15, 0.2) is 48.5 Å². The van der Waals surface area contributed by atoms with Gasteiger partial charge in [0.25, 0.3) is 11.8 Å². The van der Waals surface area contributed by atoms with Gasteiger partial charge in [-0.15, -0.1) is 0 Å². The van der Waals surface area contributed by atoms with Crippen molar-refractivity contribution in [2.45, 2.75) is 19.4 Å². The predicted molar refractivity (Wildman–Crippen MR) is 108 cm³/mol. The van der Waals surface area contributed by atoms with Gasteiger partial charge in [0, 0.05) is 17.8 Å². The summed E-state index contributed by atoms with van der Waals surface area (Å²) < 4.78 is 10.5. The SMILES string of the molecule is CC(OC(=O)CCN1C(=O)COc2ccccc21)C(=O)Nc1ccc(C(N)=O)cc1. The minimum Gasteiger partial charge on any atom is -0.482 e. The maximum absolute atomic E-state index is 12.2. The van der Waals surface area contributed by atoms with Crippen LogP contribution in [0.25, 0.3) is 0 Å². The topological polar surface area (TPSA) is 128 Å². The monoisotopic (exact) mass is 411 g/mol. The summed E-state index contributed by atoms with van der Waals surface area (Å²) in [6, 6.07) is 13.0. The summed E-state index contributed by atoms with van der Waals surface area (Å²) in [5.74, 6) is -1.40. The van der Waals surface area contributed by atoms with Crippen molar-refractivity contribution < 1.29 is 28.7 Å². The Morgan fingerprint density at radius 1 is 1.17 bits per heavy atom. The minimum absolute atomic E-state index is 0.0784. The lowest BCUT2D eigenvalue weighted by Gasteiger charge is -2.29. The number of anilines is 2. The van der Waals surface area contributed by atoms with E-state index < -0.39 is 23.9 Å². The van der Waals surface area contributed by atoms with Crippen LogP contribution in [0.2, 0.25) is 0 Å². The lowest BCUT2D eigenvalue weighted by Crippen LogP contribution is -2.40. The number of hydrogen-bond donors (Lipinski definition) is 2. The minimum atomic E-state index is -1.04. The van der Waals surface area contributed by atoms with Gasteiger partial charge in [-0.1, -0.05) is 12.1 Å². The van der Waals surface area contributed by atoms with Crippen molar-refractivity contribution in [3.05, 3.63) is 54.1 Å². The second-order valence-electron chi connectivity index (χ2n) is 6.61. The number of esters is 1. The number of fused-ring (bicyclic) bond motifs is 1. The van der Waals surface area contributed by atoms with Crippen molar-refractivity contribution in [1.82, 2.24) is 0 Å². The summed E-state index contributed by atoms with van der Waals surface area (Å²) in [7, 11) is 0. The summed E-state index contributed by atoms with van der Waals surface area (Å²) >= 11 is 0. The maximum Gasteiger partial charge on any atom is 0.308 e. The van der Waals surface area contributed by atoms with Crippen molar-refractivity contribution in [1.29, 1.82) is 0 Å². The van der Waals surface area contributed by atoms with Crippen LogP contribution in [0.3, 0.4) is 0 Å². The number of rotatable bonds is 7. The van der Waals surface area contributed by atoms with E-state index in [9.17, 15) is 19.2 Å². The van der Waals surface area contributed by atoms with Gasteiger partial charge in [-0.25, -0.2) is 0 Å². The molecule has 3 N–H and O–H groups in total. The van der Waals surface area contributed by atoms with E-state index in [1.54, 1.807) is 24.3 Å². The smallest absolute Gasteiger partial charge is 0.308 e. The molecule has 3 rings (SSSR count). The van der Waals surface area contributed by atoms with Gasteiger partial charge < -0.3 is 25.4 Å². The number of nitrogens with one attached hydrogen (secondary N) is 1. The number of nitrogens with zero attached hydrogens (tertiary/aromatic N) is 1. The molecule has 1 atom stereocenters. The summed E-state index contributed by atoms with van der Waals surface area (Å²) in [5.41, 5.74) is 6.51. The molecule has 0 saturated carbocycles. The van der Waals surface area contributed by atoms with Gasteiger partial charge in [0.2, 0.25) is 5.91 Å². The molecule has 1 unspecified atom stereocenters. The Bertz CT molecular complexity index is 973. The first-order chi connectivity index (χ1) is 14.3. The zero-order valence-electron chi connectivity index (χ0n) is 16.3. The van der Waals surface area contributed by atoms with E-state index in [-0.39, 0.29) is 25.5 Å². The van der Waals surface area contributed by atoms with E-state index in [1.807, 2.05) is 0 Å². The Labute approximate surface area is 172 Å². The van der Waals surface area contributed by atoms with Gasteiger partial charge >= 0.3 is 5.97 Å². The number of para-hydroxylation sites is 2. The van der Waals surface area contributed by atoms with Crippen LogP contribution in [0.5, 0.6) is 5.75 Å². The predicted octanol–water partition coefficient (Wildman–Crippen LogP) is 1.47. The second kappa shape index (κ2) is 9.08. The number of hydrogen-bond acceptors (Lipinski definition) is 6. The number of carbonyl (C=O) groups excluding carboxylic acids is 4. The van der Waals surface area contributed by atoms with Crippen molar-refractivity contribution in [2.24, 2.45) is 5.73 Å². The van der Waals surface area contributed by atoms with Gasteiger partial charge in [-0.05, 0) is 43.3 Å². The first-order valence-corrected chi connectivity index (χ1v) is 9.27. The normalized spacial score (nSPS) is 13.6. The molecular weight excluding hydrogens is 390 g/mol. The van der Waals surface area contributed by atoms with Crippen molar-refractivity contribution in [3.63, 3.8) is 0 Å². The molecule has 2 aromatic carbocycles. The summed E-state index contributed by atoms with van der Waals surface area (Å²) in [4.78, 5) is 49.1. The first kappa shape index (κ1) is 20.8. The molecule has 1 aliphatic heterocycles. The molecule has 0 radical (unpaired) electrons. The third kappa shape index (κ3) is 4.93. The van der Waals surface area contributed by atoms with Gasteiger partial charge in [0.1, 0.15) is 5.75 Å². The Balaban J connectivity index is 1.51. The van der Waals surface area contributed by atoms with Crippen LogP contribution < -0.4 is 20.7 Å². The molecule has 9 heteroatoms. The summed E-state index contributed by atoms with van der Waals surface area (Å²) in [6.45, 7) is 1.46. The molecule has 9 nitrogen and oxygen atoms in total. The molecule has 1 aliphatic rings. The molecule has 0 aliphatic carbocycles. The first-order valence-electron chi connectivity index (χ1n) is 9.27. The largest absolute Gasteiger partial charge is 0.482 e. The highest BCUT2D eigenvalue weighted by Gasteiger charge is 2.26. The van der Waals surface area contributed by atoms with E-state index >= 15 is 0 Å². The summed E-state index contributed by atoms with van der Waals surface area (Å²) in [6.07, 6.45) is -1.12. The zero-order valence-corrected chi connectivity index (χ0v) is 16.3. The Hall–Kier alpha value is -3.88. The molecule has 0 fully saturated rings. The van der Waals surface area contributed by atoms with E-state index in [2.05, 4.69) is 5.32 Å². The fourth-order valence-corrected chi connectivity index (χ4v) is 2.87. The van der Waals surface area contributed by atoms with Gasteiger partial charge in [0.05, 0.1) is 12.1 Å². The van der Waals surface area contributed by atoms with Gasteiger partial charge in [0.15, 0.2) is 12.7 Å². The Morgan fingerprint density at radius 2 is 1.87 bits per heavy atom. The van der Waals surface area contributed by atoms with Crippen LogP contribution in [0.1, 0.15) is 23.7 Å². The van der Waals surface area contributed by atoms with Crippen LogP contribution in [0, 0.1) is 0 Å². The molecule has 3 amide bonds. The number of carbonyl (C=O) groups is 4. The zero-order chi connectivity index (χ0) is 21.7. The number of benzene rings is 2.